The number of anilines is 2. The van der Waals surface area contributed by atoms with Crippen molar-refractivity contribution in [2.75, 3.05) is 42.6 Å². The molecule has 186 valence electrons. The number of rotatable bonds is 5. The van der Waals surface area contributed by atoms with Crippen LogP contribution in [0.25, 0.3) is 22.3 Å². The summed E-state index contributed by atoms with van der Waals surface area (Å²) >= 11 is 0. The number of hydrogen-bond donors (Lipinski definition) is 3. The molecule has 1 aliphatic carbocycles. The molecule has 2 aromatic heterocycles. The zero-order valence-electron chi connectivity index (χ0n) is 20.1. The van der Waals surface area contributed by atoms with Crippen molar-refractivity contribution in [2.24, 2.45) is 5.92 Å². The van der Waals surface area contributed by atoms with E-state index in [-0.39, 0.29) is 18.6 Å². The van der Waals surface area contributed by atoms with Crippen molar-refractivity contribution >= 4 is 22.5 Å². The molecule has 0 spiro atoms. The first kappa shape index (κ1) is 23.0. The van der Waals surface area contributed by atoms with Crippen LogP contribution in [-0.2, 0) is 0 Å². The molecule has 0 radical (unpaired) electrons. The normalized spacial score (nSPS) is 24.5. The first-order chi connectivity index (χ1) is 17.6. The highest BCUT2D eigenvalue weighted by molar-refractivity contribution is 5.86. The molecule has 8 nitrogen and oxygen atoms in total. The monoisotopic (exact) mass is 485 g/mol. The quantitative estimate of drug-likeness (QED) is 0.400. The van der Waals surface area contributed by atoms with Crippen LogP contribution in [0.1, 0.15) is 12.5 Å². The van der Waals surface area contributed by atoms with Crippen LogP contribution in [0.4, 0.5) is 11.4 Å². The zero-order chi connectivity index (χ0) is 24.6. The van der Waals surface area contributed by atoms with Gasteiger partial charge in [0.05, 0.1) is 24.2 Å². The molecule has 3 heterocycles. The predicted octanol–water partition coefficient (Wildman–Crippen LogP) is 2.70. The molecule has 4 atom stereocenters. The van der Waals surface area contributed by atoms with Crippen molar-refractivity contribution in [1.29, 1.82) is 0 Å². The molecule has 0 amide bonds. The van der Waals surface area contributed by atoms with E-state index in [1.807, 2.05) is 16.7 Å². The number of hydrogen-bond acceptors (Lipinski definition) is 7. The maximum Gasteiger partial charge on any atom is 0.162 e. The van der Waals surface area contributed by atoms with Crippen LogP contribution in [0.5, 0.6) is 0 Å². The SMILES string of the molecule is OC[C@H]1C[C@@H](n2cnc3c(N4CCN(c5ccc(-c6ccccc6)cc5)CC4)ccnc32)[C@H](O)[C@@H]1O. The third-order valence-electron chi connectivity index (χ3n) is 7.76. The van der Waals surface area contributed by atoms with Crippen LogP contribution >= 0.6 is 0 Å². The van der Waals surface area contributed by atoms with E-state index >= 15 is 0 Å². The molecule has 4 aromatic rings. The summed E-state index contributed by atoms with van der Waals surface area (Å²) in [7, 11) is 0. The molecule has 1 aliphatic heterocycles. The summed E-state index contributed by atoms with van der Waals surface area (Å²) in [5.41, 5.74) is 6.20. The topological polar surface area (TPSA) is 97.9 Å². The Morgan fingerprint density at radius 3 is 2.17 bits per heavy atom. The molecule has 2 aromatic carbocycles. The number of aliphatic hydroxyl groups is 3. The van der Waals surface area contributed by atoms with Crippen molar-refractivity contribution in [2.45, 2.75) is 24.7 Å². The van der Waals surface area contributed by atoms with Gasteiger partial charge in [0, 0.05) is 50.6 Å². The van der Waals surface area contributed by atoms with Gasteiger partial charge in [-0.05, 0) is 35.7 Å². The number of nitrogens with zero attached hydrogens (tertiary/aromatic N) is 5. The molecular weight excluding hydrogens is 454 g/mol. The Balaban J connectivity index is 1.17. The fraction of sp³-hybridized carbons (Fsp3) is 0.357. The van der Waals surface area contributed by atoms with Gasteiger partial charge in [-0.25, -0.2) is 9.97 Å². The molecule has 2 fully saturated rings. The van der Waals surface area contributed by atoms with Crippen LogP contribution in [0, 0.1) is 5.92 Å². The van der Waals surface area contributed by atoms with E-state index in [1.165, 1.54) is 16.8 Å². The molecule has 0 bridgehead atoms. The van der Waals surface area contributed by atoms with Gasteiger partial charge in [0.1, 0.15) is 11.6 Å². The lowest BCUT2D eigenvalue weighted by Gasteiger charge is -2.37. The van der Waals surface area contributed by atoms with E-state index in [2.05, 4.69) is 68.3 Å². The number of pyridine rings is 1. The number of benzene rings is 2. The van der Waals surface area contributed by atoms with Gasteiger partial charge in [0.15, 0.2) is 5.65 Å². The third-order valence-corrected chi connectivity index (χ3v) is 7.76. The van der Waals surface area contributed by atoms with Gasteiger partial charge >= 0.3 is 0 Å². The van der Waals surface area contributed by atoms with Crippen LogP contribution in [-0.4, -0.2) is 74.8 Å². The lowest BCUT2D eigenvalue weighted by atomic mass is 10.1. The standard InChI is InChI=1S/C28H31N5O3/c34-17-21-16-24(27(36)26(21)35)33-18-30-25-23(10-11-29-28(25)33)32-14-12-31(13-15-32)22-8-6-20(7-9-22)19-4-2-1-3-5-19/h1-11,18,21,24,26-27,34-36H,12-17H2/t21-,24-,26-,27+/m1/s1. The zero-order valence-corrected chi connectivity index (χ0v) is 20.1. The highest BCUT2D eigenvalue weighted by Gasteiger charge is 2.42. The maximum absolute atomic E-state index is 10.6. The molecule has 2 aliphatic rings. The van der Waals surface area contributed by atoms with Gasteiger partial charge in [-0.15, -0.1) is 0 Å². The van der Waals surface area contributed by atoms with Crippen molar-refractivity contribution in [3.63, 3.8) is 0 Å². The summed E-state index contributed by atoms with van der Waals surface area (Å²) in [6.45, 7) is 3.38. The number of aromatic nitrogens is 3. The molecule has 1 saturated heterocycles. The van der Waals surface area contributed by atoms with Gasteiger partial charge in [-0.2, -0.15) is 0 Å². The summed E-state index contributed by atoms with van der Waals surface area (Å²) in [5, 5.41) is 30.4. The van der Waals surface area contributed by atoms with Gasteiger partial charge in [0.25, 0.3) is 0 Å². The highest BCUT2D eigenvalue weighted by atomic mass is 16.3. The van der Waals surface area contributed by atoms with E-state index in [0.29, 0.717) is 12.1 Å². The average Bonchev–Trinajstić information content (AvgIpc) is 3.49. The largest absolute Gasteiger partial charge is 0.396 e. The average molecular weight is 486 g/mol. The third kappa shape index (κ3) is 4.01. The fourth-order valence-electron chi connectivity index (χ4n) is 5.68. The lowest BCUT2D eigenvalue weighted by Crippen LogP contribution is -2.46. The molecule has 3 N–H and O–H groups in total. The predicted molar refractivity (Wildman–Crippen MR) is 140 cm³/mol. The smallest absolute Gasteiger partial charge is 0.162 e. The van der Waals surface area contributed by atoms with E-state index in [9.17, 15) is 15.3 Å². The second-order valence-corrected chi connectivity index (χ2v) is 9.77. The van der Waals surface area contributed by atoms with Crippen molar-refractivity contribution in [3.8, 4) is 11.1 Å². The minimum Gasteiger partial charge on any atom is -0.396 e. The van der Waals surface area contributed by atoms with E-state index in [0.717, 1.165) is 37.4 Å². The molecule has 0 unspecified atom stereocenters. The Morgan fingerprint density at radius 2 is 1.47 bits per heavy atom. The van der Waals surface area contributed by atoms with Crippen LogP contribution < -0.4 is 9.80 Å². The molecule has 8 heteroatoms. The van der Waals surface area contributed by atoms with E-state index < -0.39 is 12.2 Å². The van der Waals surface area contributed by atoms with Gasteiger partial charge in [-0.3, -0.25) is 0 Å². The first-order valence-corrected chi connectivity index (χ1v) is 12.6. The Hall–Kier alpha value is -3.46. The summed E-state index contributed by atoms with van der Waals surface area (Å²) < 4.78 is 1.85. The van der Waals surface area contributed by atoms with Crippen LogP contribution in [0.2, 0.25) is 0 Å². The van der Waals surface area contributed by atoms with Crippen molar-refractivity contribution in [1.82, 2.24) is 14.5 Å². The summed E-state index contributed by atoms with van der Waals surface area (Å²) in [6.07, 6.45) is 2.06. The first-order valence-electron chi connectivity index (χ1n) is 12.6. The van der Waals surface area contributed by atoms with Gasteiger partial charge < -0.3 is 29.7 Å². The minimum atomic E-state index is -0.957. The summed E-state index contributed by atoms with van der Waals surface area (Å²) in [5.74, 6) is -0.347. The van der Waals surface area contributed by atoms with Gasteiger partial charge in [0.2, 0.25) is 0 Å². The molecule has 6 rings (SSSR count). The van der Waals surface area contributed by atoms with Crippen molar-refractivity contribution in [3.05, 3.63) is 73.2 Å². The number of fused-ring (bicyclic) bond motifs is 1. The Bertz CT molecular complexity index is 1320. The molecule has 36 heavy (non-hydrogen) atoms. The van der Waals surface area contributed by atoms with Crippen molar-refractivity contribution < 1.29 is 15.3 Å². The summed E-state index contributed by atoms with van der Waals surface area (Å²) in [6, 6.07) is 20.8. The van der Waals surface area contributed by atoms with Crippen LogP contribution in [0.15, 0.2) is 73.2 Å². The second kappa shape index (κ2) is 9.54. The van der Waals surface area contributed by atoms with E-state index in [1.54, 1.807) is 12.5 Å². The highest BCUT2D eigenvalue weighted by Crippen LogP contribution is 2.37. The molecular formula is C28H31N5O3. The Kier molecular flexibility index (Phi) is 6.08. The van der Waals surface area contributed by atoms with Gasteiger partial charge in [-0.1, -0.05) is 42.5 Å². The van der Waals surface area contributed by atoms with Crippen LogP contribution in [0.3, 0.4) is 0 Å². The fourth-order valence-corrected chi connectivity index (χ4v) is 5.68. The number of aliphatic hydroxyl groups excluding tert-OH is 3. The number of piperazine rings is 1. The maximum atomic E-state index is 10.6. The Labute approximate surface area is 210 Å². The number of imidazole rings is 1. The second-order valence-electron chi connectivity index (χ2n) is 9.77. The Morgan fingerprint density at radius 1 is 0.778 bits per heavy atom. The van der Waals surface area contributed by atoms with E-state index in [4.69, 9.17) is 0 Å². The molecule has 1 saturated carbocycles. The lowest BCUT2D eigenvalue weighted by molar-refractivity contribution is -0.00370. The minimum absolute atomic E-state index is 0.153. The summed E-state index contributed by atoms with van der Waals surface area (Å²) in [4.78, 5) is 14.0.